The molecule has 2 rings (SSSR count). The second-order valence-electron chi connectivity index (χ2n) is 3.46. The van der Waals surface area contributed by atoms with Crippen LogP contribution in [0.2, 0.25) is 0 Å². The van der Waals surface area contributed by atoms with Gasteiger partial charge in [-0.1, -0.05) is 43.3 Å². The number of aliphatic hydroxyl groups excluding tert-OH is 1. The van der Waals surface area contributed by atoms with E-state index in [9.17, 15) is 5.11 Å². The smallest absolute Gasteiger partial charge is 0.197 e. The first kappa shape index (κ1) is 12.8. The van der Waals surface area contributed by atoms with Crippen molar-refractivity contribution in [2.45, 2.75) is 19.6 Å². The highest BCUT2D eigenvalue weighted by Crippen LogP contribution is 2.25. The largest absolute Gasteiger partial charge is 0.465 e. The Labute approximate surface area is 101 Å². The molecule has 2 nitrogen and oxygen atoms in total. The summed E-state index contributed by atoms with van der Waals surface area (Å²) in [4.78, 5) is 0. The average Bonchev–Trinajstić information content (AvgIpc) is 2.29. The molecule has 0 spiro atoms. The van der Waals surface area contributed by atoms with Crippen molar-refractivity contribution in [3.05, 3.63) is 42.5 Å². The van der Waals surface area contributed by atoms with Crippen LogP contribution in [0.1, 0.15) is 13.3 Å². The third-order valence-electron chi connectivity index (χ3n) is 2.36. The van der Waals surface area contributed by atoms with Gasteiger partial charge in [0, 0.05) is 11.8 Å². The normalized spacial score (nSPS) is 11.9. The van der Waals surface area contributed by atoms with E-state index in [1.165, 1.54) is 0 Å². The number of fused-ring (bicyclic) bond motifs is 1. The van der Waals surface area contributed by atoms with Gasteiger partial charge in [-0.05, 0) is 11.5 Å². The molecule has 0 saturated carbocycles. The quantitative estimate of drug-likeness (QED) is 0.831. The van der Waals surface area contributed by atoms with Crippen LogP contribution in [0.3, 0.4) is 0 Å². The molecule has 0 bridgehead atoms. The van der Waals surface area contributed by atoms with E-state index >= 15 is 0 Å². The van der Waals surface area contributed by atoms with Crippen molar-refractivity contribution in [3.8, 4) is 5.75 Å². The van der Waals surface area contributed by atoms with Crippen molar-refractivity contribution in [2.24, 2.45) is 0 Å². The Bertz CT molecular complexity index is 451. The highest BCUT2D eigenvalue weighted by Gasteiger charge is 2.05. The monoisotopic (exact) mass is 238 g/mol. The predicted octanol–water partition coefficient (Wildman–Crippen LogP) is 3.37. The van der Waals surface area contributed by atoms with Crippen LogP contribution >= 0.6 is 12.4 Å². The zero-order valence-corrected chi connectivity index (χ0v) is 9.91. The van der Waals surface area contributed by atoms with Gasteiger partial charge in [0.2, 0.25) is 0 Å². The van der Waals surface area contributed by atoms with Crippen LogP contribution in [0.25, 0.3) is 10.8 Å². The van der Waals surface area contributed by atoms with Crippen LogP contribution in [-0.2, 0) is 0 Å². The summed E-state index contributed by atoms with van der Waals surface area (Å²) >= 11 is 0. The molecule has 0 amide bonds. The van der Waals surface area contributed by atoms with Crippen LogP contribution in [0.5, 0.6) is 5.75 Å². The fourth-order valence-electron chi connectivity index (χ4n) is 1.53. The number of hydrogen-bond donors (Lipinski definition) is 1. The Morgan fingerprint density at radius 2 is 1.81 bits per heavy atom. The van der Waals surface area contributed by atoms with Crippen LogP contribution in [0.4, 0.5) is 0 Å². The minimum Gasteiger partial charge on any atom is -0.465 e. The second-order valence-corrected chi connectivity index (χ2v) is 3.46. The van der Waals surface area contributed by atoms with E-state index in [1.807, 2.05) is 49.4 Å². The molecule has 1 unspecified atom stereocenters. The van der Waals surface area contributed by atoms with Gasteiger partial charge in [-0.3, -0.25) is 0 Å². The molecule has 86 valence electrons. The van der Waals surface area contributed by atoms with Gasteiger partial charge < -0.3 is 9.84 Å². The lowest BCUT2D eigenvalue weighted by Gasteiger charge is -2.13. The van der Waals surface area contributed by atoms with Crippen molar-refractivity contribution in [2.75, 3.05) is 0 Å². The number of hydrogen-bond acceptors (Lipinski definition) is 2. The van der Waals surface area contributed by atoms with Crippen LogP contribution in [0, 0.1) is 0 Å². The van der Waals surface area contributed by atoms with E-state index in [0.29, 0.717) is 6.42 Å². The van der Waals surface area contributed by atoms with E-state index in [-0.39, 0.29) is 12.4 Å². The Morgan fingerprint density at radius 3 is 2.56 bits per heavy atom. The van der Waals surface area contributed by atoms with Crippen molar-refractivity contribution >= 4 is 23.2 Å². The van der Waals surface area contributed by atoms with Crippen molar-refractivity contribution in [3.63, 3.8) is 0 Å². The second kappa shape index (κ2) is 5.73. The Kier molecular flexibility index (Phi) is 4.59. The summed E-state index contributed by atoms with van der Waals surface area (Å²) in [5.41, 5.74) is 0. The molecule has 1 N–H and O–H groups in total. The van der Waals surface area contributed by atoms with Crippen LogP contribution < -0.4 is 4.74 Å². The van der Waals surface area contributed by atoms with Crippen molar-refractivity contribution in [1.29, 1.82) is 0 Å². The Hall–Kier alpha value is -1.25. The Balaban J connectivity index is 0.00000128. The first-order valence-corrected chi connectivity index (χ1v) is 5.13. The number of aliphatic hydroxyl groups is 1. The molecular formula is C13H15ClO2. The average molecular weight is 239 g/mol. The van der Waals surface area contributed by atoms with Gasteiger partial charge in [-0.15, -0.1) is 12.4 Å². The molecule has 2 aromatic carbocycles. The molecule has 0 aliphatic heterocycles. The minimum atomic E-state index is -0.726. The minimum absolute atomic E-state index is 0. The van der Waals surface area contributed by atoms with Gasteiger partial charge in [0.05, 0.1) is 0 Å². The number of rotatable bonds is 3. The summed E-state index contributed by atoms with van der Waals surface area (Å²) in [5, 5.41) is 11.6. The molecule has 1 atom stereocenters. The molecule has 0 saturated heterocycles. The molecule has 3 heteroatoms. The third kappa shape index (κ3) is 2.65. The molecule has 0 aliphatic rings. The Morgan fingerprint density at radius 1 is 1.12 bits per heavy atom. The zero-order chi connectivity index (χ0) is 10.7. The van der Waals surface area contributed by atoms with Crippen molar-refractivity contribution < 1.29 is 9.84 Å². The SMILES string of the molecule is CCC(O)Oc1cccc2ccccc12.Cl. The van der Waals surface area contributed by atoms with Gasteiger partial charge in [0.15, 0.2) is 6.29 Å². The van der Waals surface area contributed by atoms with Gasteiger partial charge >= 0.3 is 0 Å². The first-order chi connectivity index (χ1) is 7.31. The standard InChI is InChI=1S/C13H14O2.ClH/c1-2-13(14)15-12-9-5-7-10-6-3-4-8-11(10)12;/h3-9,13-14H,2H2,1H3;1H. The molecule has 0 aromatic heterocycles. The molecule has 16 heavy (non-hydrogen) atoms. The zero-order valence-electron chi connectivity index (χ0n) is 9.09. The van der Waals surface area contributed by atoms with E-state index in [0.717, 1.165) is 16.5 Å². The summed E-state index contributed by atoms with van der Waals surface area (Å²) in [5.74, 6) is 0.738. The van der Waals surface area contributed by atoms with Crippen LogP contribution in [0.15, 0.2) is 42.5 Å². The maximum atomic E-state index is 9.45. The summed E-state index contributed by atoms with van der Waals surface area (Å²) < 4.78 is 5.43. The third-order valence-corrected chi connectivity index (χ3v) is 2.36. The van der Waals surface area contributed by atoms with E-state index in [4.69, 9.17) is 4.74 Å². The van der Waals surface area contributed by atoms with Gasteiger partial charge in [-0.25, -0.2) is 0 Å². The number of benzene rings is 2. The number of halogens is 1. The first-order valence-electron chi connectivity index (χ1n) is 5.13. The van der Waals surface area contributed by atoms with Gasteiger partial charge in [-0.2, -0.15) is 0 Å². The van der Waals surface area contributed by atoms with Gasteiger partial charge in [0.1, 0.15) is 5.75 Å². The van der Waals surface area contributed by atoms with Gasteiger partial charge in [0.25, 0.3) is 0 Å². The molecule has 2 aromatic rings. The molecule has 0 heterocycles. The van der Waals surface area contributed by atoms with E-state index < -0.39 is 6.29 Å². The fraction of sp³-hybridized carbons (Fsp3) is 0.231. The van der Waals surface area contributed by atoms with E-state index in [2.05, 4.69) is 0 Å². The molecule has 0 radical (unpaired) electrons. The lowest BCUT2D eigenvalue weighted by molar-refractivity contribution is -0.0180. The van der Waals surface area contributed by atoms with Crippen molar-refractivity contribution in [1.82, 2.24) is 0 Å². The molecular weight excluding hydrogens is 224 g/mol. The maximum Gasteiger partial charge on any atom is 0.197 e. The summed E-state index contributed by atoms with van der Waals surface area (Å²) in [6.45, 7) is 1.88. The summed E-state index contributed by atoms with van der Waals surface area (Å²) in [7, 11) is 0. The highest BCUT2D eigenvalue weighted by atomic mass is 35.5. The number of ether oxygens (including phenoxy) is 1. The predicted molar refractivity (Wildman–Crippen MR) is 68.1 cm³/mol. The maximum absolute atomic E-state index is 9.45. The highest BCUT2D eigenvalue weighted by molar-refractivity contribution is 5.88. The molecule has 0 aliphatic carbocycles. The molecule has 0 fully saturated rings. The topological polar surface area (TPSA) is 29.5 Å². The van der Waals surface area contributed by atoms with E-state index in [1.54, 1.807) is 0 Å². The summed E-state index contributed by atoms with van der Waals surface area (Å²) in [6.07, 6.45) is -0.140. The summed E-state index contributed by atoms with van der Waals surface area (Å²) in [6, 6.07) is 13.8. The fourth-order valence-corrected chi connectivity index (χ4v) is 1.53. The lowest BCUT2D eigenvalue weighted by Crippen LogP contribution is -2.13. The van der Waals surface area contributed by atoms with Crippen LogP contribution in [-0.4, -0.2) is 11.4 Å². The lowest BCUT2D eigenvalue weighted by atomic mass is 10.1.